The monoisotopic (exact) mass is 268 g/mol. The van der Waals surface area contributed by atoms with Gasteiger partial charge in [-0.1, -0.05) is 20.3 Å². The molecule has 2 saturated heterocycles. The molecule has 2 heterocycles. The minimum absolute atomic E-state index is 0.0957. The number of aliphatic hydroxyl groups excluding tert-OH is 1. The predicted octanol–water partition coefficient (Wildman–Crippen LogP) is 2.39. The van der Waals surface area contributed by atoms with E-state index in [0.29, 0.717) is 12.6 Å². The maximum absolute atomic E-state index is 9.66. The molecular formula is C16H32N2O. The molecule has 0 aromatic rings. The molecule has 19 heavy (non-hydrogen) atoms. The lowest BCUT2D eigenvalue weighted by atomic mass is 9.80. The lowest BCUT2D eigenvalue weighted by Gasteiger charge is -2.48. The van der Waals surface area contributed by atoms with Gasteiger partial charge in [0, 0.05) is 36.7 Å². The first kappa shape index (κ1) is 15.3. The molecule has 0 aromatic carbocycles. The Kier molecular flexibility index (Phi) is 5.27. The smallest absolute Gasteiger partial charge is 0.0499 e. The quantitative estimate of drug-likeness (QED) is 0.776. The summed E-state index contributed by atoms with van der Waals surface area (Å²) in [5.74, 6) is 0. The topological polar surface area (TPSA) is 35.5 Å². The molecule has 2 atom stereocenters. The van der Waals surface area contributed by atoms with Crippen molar-refractivity contribution in [3.63, 3.8) is 0 Å². The molecule has 2 unspecified atom stereocenters. The Balaban J connectivity index is 1.87. The summed E-state index contributed by atoms with van der Waals surface area (Å²) in [6, 6.07) is 2.24. The summed E-state index contributed by atoms with van der Waals surface area (Å²) in [5.41, 5.74) is 0.0957. The summed E-state index contributed by atoms with van der Waals surface area (Å²) in [6.45, 7) is 5.69. The van der Waals surface area contributed by atoms with Gasteiger partial charge in [-0.15, -0.1) is 0 Å². The van der Waals surface area contributed by atoms with Crippen molar-refractivity contribution in [3.8, 4) is 0 Å². The van der Waals surface area contributed by atoms with E-state index >= 15 is 0 Å². The molecule has 0 spiro atoms. The summed E-state index contributed by atoms with van der Waals surface area (Å²) in [5, 5.41) is 13.4. The molecule has 2 aliphatic rings. The van der Waals surface area contributed by atoms with Gasteiger partial charge in [-0.2, -0.15) is 0 Å². The van der Waals surface area contributed by atoms with Gasteiger partial charge in [-0.25, -0.2) is 0 Å². The van der Waals surface area contributed by atoms with E-state index in [4.69, 9.17) is 0 Å². The van der Waals surface area contributed by atoms with Crippen LogP contribution in [-0.4, -0.2) is 48.3 Å². The Morgan fingerprint density at radius 2 is 1.74 bits per heavy atom. The number of rotatable bonds is 6. The molecule has 0 saturated carbocycles. The summed E-state index contributed by atoms with van der Waals surface area (Å²) in [7, 11) is 2.31. The Morgan fingerprint density at radius 1 is 1.16 bits per heavy atom. The van der Waals surface area contributed by atoms with Crippen molar-refractivity contribution in [2.45, 2.75) is 76.9 Å². The van der Waals surface area contributed by atoms with Crippen molar-refractivity contribution in [2.75, 3.05) is 20.2 Å². The van der Waals surface area contributed by atoms with Gasteiger partial charge < -0.3 is 15.3 Å². The number of piperidine rings is 2. The number of nitrogens with one attached hydrogen (secondary N) is 1. The average Bonchev–Trinajstić information content (AvgIpc) is 2.41. The van der Waals surface area contributed by atoms with E-state index in [0.717, 1.165) is 31.5 Å². The molecular weight excluding hydrogens is 236 g/mol. The van der Waals surface area contributed by atoms with Crippen LogP contribution in [0.2, 0.25) is 0 Å². The zero-order valence-corrected chi connectivity index (χ0v) is 13.0. The standard InChI is InChI=1S/C16H32N2O/c1-4-16(5-2,12-19)11-17-13-9-14-7-6-8-15(10-13)18(14)3/h13-15,17,19H,4-12H2,1-3H3. The van der Waals surface area contributed by atoms with Crippen molar-refractivity contribution in [2.24, 2.45) is 5.41 Å². The molecule has 2 rings (SSSR count). The van der Waals surface area contributed by atoms with Crippen molar-refractivity contribution in [3.05, 3.63) is 0 Å². The first-order chi connectivity index (χ1) is 9.14. The Labute approximate surface area is 118 Å². The van der Waals surface area contributed by atoms with Gasteiger partial charge in [-0.05, 0) is 45.6 Å². The minimum atomic E-state index is 0.0957. The van der Waals surface area contributed by atoms with Crippen LogP contribution in [0.1, 0.15) is 58.8 Å². The van der Waals surface area contributed by atoms with E-state index in [1.807, 2.05) is 0 Å². The SMILES string of the molecule is CCC(CC)(CO)CNC1CC2CCCC(C1)N2C. The van der Waals surface area contributed by atoms with E-state index in [-0.39, 0.29) is 5.41 Å². The average molecular weight is 268 g/mol. The second-order valence-electron chi connectivity index (χ2n) is 6.82. The number of nitrogens with zero attached hydrogens (tertiary/aromatic N) is 1. The summed E-state index contributed by atoms with van der Waals surface area (Å²) in [6.07, 6.45) is 8.87. The van der Waals surface area contributed by atoms with Crippen LogP contribution in [0.25, 0.3) is 0 Å². The van der Waals surface area contributed by atoms with E-state index in [2.05, 4.69) is 31.1 Å². The highest BCUT2D eigenvalue weighted by Crippen LogP contribution is 2.33. The van der Waals surface area contributed by atoms with Crippen LogP contribution in [0.4, 0.5) is 0 Å². The highest BCUT2D eigenvalue weighted by atomic mass is 16.3. The second kappa shape index (κ2) is 6.55. The molecule has 2 aliphatic heterocycles. The Morgan fingerprint density at radius 3 is 2.21 bits per heavy atom. The summed E-state index contributed by atoms with van der Waals surface area (Å²) in [4.78, 5) is 2.61. The fourth-order valence-electron chi connectivity index (χ4n) is 3.92. The Hall–Kier alpha value is -0.120. The normalized spacial score (nSPS) is 32.5. The van der Waals surface area contributed by atoms with Crippen molar-refractivity contribution in [1.29, 1.82) is 0 Å². The highest BCUT2D eigenvalue weighted by Gasteiger charge is 2.36. The van der Waals surface area contributed by atoms with Crippen LogP contribution in [0.3, 0.4) is 0 Å². The lowest BCUT2D eigenvalue weighted by Crippen LogP contribution is -2.55. The van der Waals surface area contributed by atoms with Gasteiger partial charge in [0.1, 0.15) is 0 Å². The van der Waals surface area contributed by atoms with E-state index < -0.39 is 0 Å². The van der Waals surface area contributed by atoms with Crippen molar-refractivity contribution in [1.82, 2.24) is 10.2 Å². The van der Waals surface area contributed by atoms with Crippen LogP contribution in [0.15, 0.2) is 0 Å². The molecule has 0 radical (unpaired) electrons. The molecule has 2 fully saturated rings. The molecule has 0 amide bonds. The van der Waals surface area contributed by atoms with Crippen LogP contribution in [0, 0.1) is 5.41 Å². The summed E-state index contributed by atoms with van der Waals surface area (Å²) < 4.78 is 0. The number of aliphatic hydroxyl groups is 1. The first-order valence-electron chi connectivity index (χ1n) is 8.20. The Bertz CT molecular complexity index is 256. The lowest BCUT2D eigenvalue weighted by molar-refractivity contribution is 0.0403. The number of hydrogen-bond acceptors (Lipinski definition) is 3. The molecule has 3 nitrogen and oxygen atoms in total. The van der Waals surface area contributed by atoms with Gasteiger partial charge in [0.2, 0.25) is 0 Å². The van der Waals surface area contributed by atoms with Crippen LogP contribution in [-0.2, 0) is 0 Å². The molecule has 2 bridgehead atoms. The maximum Gasteiger partial charge on any atom is 0.0499 e. The largest absolute Gasteiger partial charge is 0.396 e. The zero-order valence-electron chi connectivity index (χ0n) is 13.0. The van der Waals surface area contributed by atoms with Crippen LogP contribution >= 0.6 is 0 Å². The van der Waals surface area contributed by atoms with Gasteiger partial charge in [0.05, 0.1) is 0 Å². The fraction of sp³-hybridized carbons (Fsp3) is 1.00. The predicted molar refractivity (Wildman–Crippen MR) is 80.3 cm³/mol. The second-order valence-corrected chi connectivity index (χ2v) is 6.82. The van der Waals surface area contributed by atoms with Gasteiger partial charge in [0.25, 0.3) is 0 Å². The molecule has 112 valence electrons. The third-order valence-corrected chi connectivity index (χ3v) is 5.94. The molecule has 0 aromatic heterocycles. The third-order valence-electron chi connectivity index (χ3n) is 5.94. The van der Waals surface area contributed by atoms with E-state index in [1.54, 1.807) is 0 Å². The first-order valence-corrected chi connectivity index (χ1v) is 8.20. The van der Waals surface area contributed by atoms with Gasteiger partial charge in [0.15, 0.2) is 0 Å². The molecule has 2 N–H and O–H groups in total. The number of fused-ring (bicyclic) bond motifs is 2. The van der Waals surface area contributed by atoms with Crippen molar-refractivity contribution >= 4 is 0 Å². The van der Waals surface area contributed by atoms with Gasteiger partial charge in [-0.3, -0.25) is 0 Å². The zero-order chi connectivity index (χ0) is 13.9. The fourth-order valence-corrected chi connectivity index (χ4v) is 3.92. The maximum atomic E-state index is 9.66. The van der Waals surface area contributed by atoms with Crippen molar-refractivity contribution < 1.29 is 5.11 Å². The van der Waals surface area contributed by atoms with Gasteiger partial charge >= 0.3 is 0 Å². The molecule has 3 heteroatoms. The highest BCUT2D eigenvalue weighted by molar-refractivity contribution is 4.94. The summed E-state index contributed by atoms with van der Waals surface area (Å²) >= 11 is 0. The number of hydrogen-bond donors (Lipinski definition) is 2. The third kappa shape index (κ3) is 3.32. The van der Waals surface area contributed by atoms with Crippen LogP contribution in [0.5, 0.6) is 0 Å². The van der Waals surface area contributed by atoms with E-state index in [9.17, 15) is 5.11 Å². The molecule has 0 aliphatic carbocycles. The van der Waals surface area contributed by atoms with Crippen LogP contribution < -0.4 is 5.32 Å². The minimum Gasteiger partial charge on any atom is -0.396 e. The van der Waals surface area contributed by atoms with E-state index in [1.165, 1.54) is 32.1 Å².